The SMILES string of the molecule is CC[C@H](C(=O)Nn1c(C)cc(C)cc1=O)n1cccn1. The number of carbonyl (C=O) groups is 1. The summed E-state index contributed by atoms with van der Waals surface area (Å²) >= 11 is 0. The van der Waals surface area contributed by atoms with Gasteiger partial charge < -0.3 is 0 Å². The normalized spacial score (nSPS) is 12.2. The highest BCUT2D eigenvalue weighted by Gasteiger charge is 2.19. The standard InChI is InChI=1S/C14H18N4O2/c1-4-12(17-7-5-6-15-17)14(20)16-18-11(3)8-10(2)9-13(18)19/h5-9,12H,4H2,1-3H3,(H,16,20)/t12-/m1/s1. The van der Waals surface area contributed by atoms with Crippen molar-refractivity contribution in [2.75, 3.05) is 5.43 Å². The molecule has 0 bridgehead atoms. The zero-order valence-corrected chi connectivity index (χ0v) is 11.8. The molecule has 2 aromatic rings. The number of hydrogen-bond acceptors (Lipinski definition) is 3. The van der Waals surface area contributed by atoms with Crippen LogP contribution >= 0.6 is 0 Å². The second-order valence-electron chi connectivity index (χ2n) is 4.73. The molecule has 0 aliphatic carbocycles. The average Bonchev–Trinajstić information content (AvgIpc) is 2.88. The molecule has 106 valence electrons. The van der Waals surface area contributed by atoms with E-state index >= 15 is 0 Å². The molecule has 20 heavy (non-hydrogen) atoms. The number of carbonyl (C=O) groups excluding carboxylic acids is 1. The van der Waals surface area contributed by atoms with E-state index in [2.05, 4.69) is 10.5 Å². The van der Waals surface area contributed by atoms with Crippen molar-refractivity contribution in [3.8, 4) is 0 Å². The van der Waals surface area contributed by atoms with Gasteiger partial charge in [0.1, 0.15) is 6.04 Å². The highest BCUT2D eigenvalue weighted by Crippen LogP contribution is 2.10. The third-order valence-electron chi connectivity index (χ3n) is 3.12. The van der Waals surface area contributed by atoms with Crippen molar-refractivity contribution in [2.24, 2.45) is 0 Å². The number of amides is 1. The summed E-state index contributed by atoms with van der Waals surface area (Å²) < 4.78 is 2.85. The number of hydrogen-bond donors (Lipinski definition) is 1. The first-order valence-corrected chi connectivity index (χ1v) is 6.53. The Morgan fingerprint density at radius 3 is 2.70 bits per heavy atom. The number of aryl methyl sites for hydroxylation is 2. The number of nitrogens with one attached hydrogen (secondary N) is 1. The van der Waals surface area contributed by atoms with Gasteiger partial charge in [-0.15, -0.1) is 0 Å². The van der Waals surface area contributed by atoms with Crippen LogP contribution < -0.4 is 11.0 Å². The third-order valence-corrected chi connectivity index (χ3v) is 3.12. The first-order valence-electron chi connectivity index (χ1n) is 6.53. The molecule has 1 atom stereocenters. The van der Waals surface area contributed by atoms with Gasteiger partial charge in [0.25, 0.3) is 11.5 Å². The molecule has 2 aromatic heterocycles. The highest BCUT2D eigenvalue weighted by molar-refractivity contribution is 5.87. The number of nitrogens with zero attached hydrogens (tertiary/aromatic N) is 3. The van der Waals surface area contributed by atoms with E-state index in [9.17, 15) is 9.59 Å². The monoisotopic (exact) mass is 274 g/mol. The van der Waals surface area contributed by atoms with Gasteiger partial charge in [-0.25, -0.2) is 4.68 Å². The second kappa shape index (κ2) is 5.73. The van der Waals surface area contributed by atoms with Crippen molar-refractivity contribution in [2.45, 2.75) is 33.2 Å². The fraction of sp³-hybridized carbons (Fsp3) is 0.357. The minimum atomic E-state index is -0.433. The Labute approximate surface area is 117 Å². The van der Waals surface area contributed by atoms with Crippen LogP contribution in [0.3, 0.4) is 0 Å². The molecule has 0 saturated heterocycles. The quantitative estimate of drug-likeness (QED) is 0.915. The van der Waals surface area contributed by atoms with Crippen LogP contribution in [-0.4, -0.2) is 20.4 Å². The largest absolute Gasteiger partial charge is 0.271 e. The fourth-order valence-corrected chi connectivity index (χ4v) is 2.15. The van der Waals surface area contributed by atoms with Gasteiger partial charge in [-0.05, 0) is 38.0 Å². The van der Waals surface area contributed by atoms with Crippen LogP contribution in [0.1, 0.15) is 30.6 Å². The lowest BCUT2D eigenvalue weighted by Crippen LogP contribution is -2.38. The summed E-state index contributed by atoms with van der Waals surface area (Å²) in [5.41, 5.74) is 3.97. The molecule has 0 unspecified atom stereocenters. The Hall–Kier alpha value is -2.37. The van der Waals surface area contributed by atoms with Gasteiger partial charge in [-0.3, -0.25) is 19.7 Å². The summed E-state index contributed by atoms with van der Waals surface area (Å²) in [6.07, 6.45) is 3.95. The molecule has 2 rings (SSSR count). The van der Waals surface area contributed by atoms with E-state index in [1.165, 1.54) is 10.7 Å². The van der Waals surface area contributed by atoms with Crippen molar-refractivity contribution >= 4 is 5.91 Å². The van der Waals surface area contributed by atoms with Gasteiger partial charge in [-0.2, -0.15) is 5.10 Å². The third kappa shape index (κ3) is 2.79. The Kier molecular flexibility index (Phi) is 4.02. The maximum atomic E-state index is 12.3. The summed E-state index contributed by atoms with van der Waals surface area (Å²) in [7, 11) is 0. The smallest absolute Gasteiger partial charge is 0.269 e. The molecule has 2 heterocycles. The zero-order valence-electron chi connectivity index (χ0n) is 11.8. The molecule has 0 radical (unpaired) electrons. The molecule has 6 nitrogen and oxygen atoms in total. The second-order valence-corrected chi connectivity index (χ2v) is 4.73. The maximum Gasteiger partial charge on any atom is 0.269 e. The summed E-state index contributed by atoms with van der Waals surface area (Å²) in [6, 6.07) is 4.66. The Morgan fingerprint density at radius 1 is 1.40 bits per heavy atom. The zero-order chi connectivity index (χ0) is 14.7. The van der Waals surface area contributed by atoms with Crippen LogP contribution in [0.4, 0.5) is 0 Å². The molecule has 0 aromatic carbocycles. The first kappa shape index (κ1) is 14.0. The Morgan fingerprint density at radius 2 is 2.15 bits per heavy atom. The lowest BCUT2D eigenvalue weighted by atomic mass is 10.2. The van der Waals surface area contributed by atoms with Crippen LogP contribution in [-0.2, 0) is 4.79 Å². The minimum Gasteiger partial charge on any atom is -0.271 e. The molecule has 0 fully saturated rings. The summed E-state index contributed by atoms with van der Waals surface area (Å²) in [6.45, 7) is 5.53. The van der Waals surface area contributed by atoms with Gasteiger partial charge >= 0.3 is 0 Å². The van der Waals surface area contributed by atoms with E-state index in [0.717, 1.165) is 5.56 Å². The van der Waals surface area contributed by atoms with E-state index in [1.807, 2.05) is 19.9 Å². The average molecular weight is 274 g/mol. The number of aromatic nitrogens is 3. The van der Waals surface area contributed by atoms with Gasteiger partial charge in [0.05, 0.1) is 0 Å². The van der Waals surface area contributed by atoms with E-state index < -0.39 is 6.04 Å². The Balaban J connectivity index is 2.26. The van der Waals surface area contributed by atoms with Crippen molar-refractivity contribution in [3.63, 3.8) is 0 Å². The van der Waals surface area contributed by atoms with Crippen molar-refractivity contribution in [3.05, 3.63) is 52.2 Å². The van der Waals surface area contributed by atoms with Crippen LogP contribution in [0.2, 0.25) is 0 Å². The molecular formula is C14H18N4O2. The molecule has 0 aliphatic rings. The summed E-state index contributed by atoms with van der Waals surface area (Å²) in [5.74, 6) is -0.259. The van der Waals surface area contributed by atoms with Crippen molar-refractivity contribution < 1.29 is 4.79 Å². The van der Waals surface area contributed by atoms with Gasteiger partial charge in [-0.1, -0.05) is 6.92 Å². The molecule has 0 aliphatic heterocycles. The Bertz CT molecular complexity index is 658. The summed E-state index contributed by atoms with van der Waals surface area (Å²) in [5, 5.41) is 4.08. The first-order chi connectivity index (χ1) is 9.52. The molecule has 0 spiro atoms. The van der Waals surface area contributed by atoms with Gasteiger partial charge in [0, 0.05) is 24.2 Å². The van der Waals surface area contributed by atoms with Gasteiger partial charge in [0.2, 0.25) is 0 Å². The topological polar surface area (TPSA) is 68.9 Å². The minimum absolute atomic E-state index is 0.244. The van der Waals surface area contributed by atoms with Crippen molar-refractivity contribution in [1.82, 2.24) is 14.5 Å². The van der Waals surface area contributed by atoms with Crippen LogP contribution in [0.15, 0.2) is 35.4 Å². The number of rotatable bonds is 4. The van der Waals surface area contributed by atoms with Crippen LogP contribution in [0.25, 0.3) is 0 Å². The van der Waals surface area contributed by atoms with E-state index in [4.69, 9.17) is 0 Å². The molecule has 0 saturated carbocycles. The fourth-order valence-electron chi connectivity index (χ4n) is 2.15. The van der Waals surface area contributed by atoms with Crippen LogP contribution in [0, 0.1) is 13.8 Å². The van der Waals surface area contributed by atoms with Crippen molar-refractivity contribution in [1.29, 1.82) is 0 Å². The lowest BCUT2D eigenvalue weighted by molar-refractivity contribution is -0.120. The van der Waals surface area contributed by atoms with E-state index in [0.29, 0.717) is 12.1 Å². The van der Waals surface area contributed by atoms with E-state index in [1.54, 1.807) is 30.1 Å². The van der Waals surface area contributed by atoms with E-state index in [-0.39, 0.29) is 11.5 Å². The number of pyridine rings is 1. The predicted octanol–water partition coefficient (Wildman–Crippen LogP) is 1.38. The predicted molar refractivity (Wildman–Crippen MR) is 76.1 cm³/mol. The van der Waals surface area contributed by atoms with Crippen LogP contribution in [0.5, 0.6) is 0 Å². The molecular weight excluding hydrogens is 256 g/mol. The highest BCUT2D eigenvalue weighted by atomic mass is 16.2. The molecule has 1 amide bonds. The van der Waals surface area contributed by atoms with Gasteiger partial charge in [0.15, 0.2) is 0 Å². The lowest BCUT2D eigenvalue weighted by Gasteiger charge is -2.18. The molecule has 6 heteroatoms. The maximum absolute atomic E-state index is 12.3. The summed E-state index contributed by atoms with van der Waals surface area (Å²) in [4.78, 5) is 24.2. The molecule has 1 N–H and O–H groups in total.